The fraction of sp³-hybridized carbons (Fsp3) is 0.538. The second-order valence-corrected chi connectivity index (χ2v) is 5.00. The summed E-state index contributed by atoms with van der Waals surface area (Å²) in [5, 5.41) is 6.51. The lowest BCUT2D eigenvalue weighted by Crippen LogP contribution is -2.44. The second-order valence-electron chi connectivity index (χ2n) is 5.00. The largest absolute Gasteiger partial charge is 0.497 e. The van der Waals surface area contributed by atoms with E-state index in [0.717, 1.165) is 13.0 Å². The highest BCUT2D eigenvalue weighted by Crippen LogP contribution is 2.31. The molecular formula is C13H17N3O2. The number of hydrogen-bond donors (Lipinski definition) is 2. The third-order valence-corrected chi connectivity index (χ3v) is 3.88. The van der Waals surface area contributed by atoms with Gasteiger partial charge in [-0.3, -0.25) is 9.78 Å². The van der Waals surface area contributed by atoms with E-state index in [1.165, 1.54) is 6.42 Å². The zero-order valence-electron chi connectivity index (χ0n) is 10.3. The second kappa shape index (κ2) is 4.57. The van der Waals surface area contributed by atoms with Crippen molar-refractivity contribution in [3.63, 3.8) is 0 Å². The predicted octanol–water partition coefficient (Wildman–Crippen LogP) is 0.570. The summed E-state index contributed by atoms with van der Waals surface area (Å²) in [5.41, 5.74) is 0.421. The molecule has 1 aliphatic heterocycles. The summed E-state index contributed by atoms with van der Waals surface area (Å²) in [6.07, 6.45) is 3.80. The van der Waals surface area contributed by atoms with Gasteiger partial charge in [0.25, 0.3) is 5.91 Å². The van der Waals surface area contributed by atoms with E-state index in [2.05, 4.69) is 15.6 Å². The SMILES string of the molecule is COc1ccnc(C(=O)NC2CC3CC2CN3)c1. The van der Waals surface area contributed by atoms with Crippen LogP contribution in [0.3, 0.4) is 0 Å². The normalized spacial score (nSPS) is 29.3. The van der Waals surface area contributed by atoms with Crippen LogP contribution in [0, 0.1) is 5.92 Å². The van der Waals surface area contributed by atoms with E-state index < -0.39 is 0 Å². The predicted molar refractivity (Wildman–Crippen MR) is 66.6 cm³/mol. The number of methoxy groups -OCH3 is 1. The van der Waals surface area contributed by atoms with Gasteiger partial charge in [0.2, 0.25) is 0 Å². The van der Waals surface area contributed by atoms with Crippen molar-refractivity contribution >= 4 is 5.91 Å². The molecule has 2 bridgehead atoms. The number of fused-ring (bicyclic) bond motifs is 2. The highest BCUT2D eigenvalue weighted by molar-refractivity contribution is 5.92. The van der Waals surface area contributed by atoms with Crippen molar-refractivity contribution < 1.29 is 9.53 Å². The van der Waals surface area contributed by atoms with Gasteiger partial charge in [-0.2, -0.15) is 0 Å². The summed E-state index contributed by atoms with van der Waals surface area (Å²) in [7, 11) is 1.58. The summed E-state index contributed by atoms with van der Waals surface area (Å²) in [5.74, 6) is 1.13. The standard InChI is InChI=1S/C13H17N3O2/c1-18-10-2-3-14-12(6-10)13(17)16-11-5-9-4-8(11)7-15-9/h2-3,6,8-9,11,15H,4-5,7H2,1H3,(H,16,17). The van der Waals surface area contributed by atoms with Crippen LogP contribution in [0.1, 0.15) is 23.3 Å². The third kappa shape index (κ3) is 2.06. The van der Waals surface area contributed by atoms with Crippen LogP contribution in [-0.2, 0) is 0 Å². The topological polar surface area (TPSA) is 63.2 Å². The zero-order valence-corrected chi connectivity index (χ0v) is 10.3. The first-order valence-corrected chi connectivity index (χ1v) is 6.30. The van der Waals surface area contributed by atoms with E-state index in [1.807, 2.05) is 0 Å². The smallest absolute Gasteiger partial charge is 0.270 e. The Bertz CT molecular complexity index is 463. The van der Waals surface area contributed by atoms with Crippen LogP contribution in [0.25, 0.3) is 0 Å². The van der Waals surface area contributed by atoms with E-state index in [0.29, 0.717) is 23.4 Å². The molecule has 0 aromatic carbocycles. The van der Waals surface area contributed by atoms with Gasteiger partial charge in [-0.05, 0) is 24.8 Å². The van der Waals surface area contributed by atoms with E-state index in [-0.39, 0.29) is 11.9 Å². The Morgan fingerprint density at radius 2 is 2.44 bits per heavy atom. The maximum atomic E-state index is 12.1. The van der Waals surface area contributed by atoms with Crippen LogP contribution in [-0.4, -0.2) is 36.6 Å². The van der Waals surface area contributed by atoms with Crippen LogP contribution in [0.4, 0.5) is 0 Å². The molecule has 2 heterocycles. The Morgan fingerprint density at radius 1 is 1.56 bits per heavy atom. The number of nitrogens with zero attached hydrogens (tertiary/aromatic N) is 1. The van der Waals surface area contributed by atoms with Gasteiger partial charge in [-0.25, -0.2) is 0 Å². The Labute approximate surface area is 106 Å². The first-order chi connectivity index (χ1) is 8.76. The molecule has 1 amide bonds. The molecule has 1 saturated carbocycles. The lowest BCUT2D eigenvalue weighted by molar-refractivity contribution is 0.0919. The first kappa shape index (κ1) is 11.5. The Hall–Kier alpha value is -1.62. The van der Waals surface area contributed by atoms with Crippen LogP contribution in [0.2, 0.25) is 0 Å². The molecule has 1 aromatic rings. The molecule has 18 heavy (non-hydrogen) atoms. The van der Waals surface area contributed by atoms with Gasteiger partial charge in [0.05, 0.1) is 7.11 Å². The fourth-order valence-corrected chi connectivity index (χ4v) is 2.92. The molecule has 3 unspecified atom stereocenters. The summed E-state index contributed by atoms with van der Waals surface area (Å²) in [4.78, 5) is 16.2. The molecule has 5 nitrogen and oxygen atoms in total. The van der Waals surface area contributed by atoms with Crippen LogP contribution in [0.15, 0.2) is 18.3 Å². The average molecular weight is 247 g/mol. The summed E-state index contributed by atoms with van der Waals surface area (Å²) in [6.45, 7) is 1.02. The molecule has 2 fully saturated rings. The number of amides is 1. The molecule has 2 N–H and O–H groups in total. The lowest BCUT2D eigenvalue weighted by atomic mass is 10.0. The molecule has 96 valence electrons. The van der Waals surface area contributed by atoms with E-state index >= 15 is 0 Å². The maximum Gasteiger partial charge on any atom is 0.270 e. The number of carbonyl (C=O) groups is 1. The molecule has 1 aromatic heterocycles. The molecule has 0 radical (unpaired) electrons. The molecule has 3 rings (SSSR count). The highest BCUT2D eigenvalue weighted by Gasteiger charge is 2.40. The fourth-order valence-electron chi connectivity index (χ4n) is 2.92. The zero-order chi connectivity index (χ0) is 12.5. The van der Waals surface area contributed by atoms with Crippen LogP contribution < -0.4 is 15.4 Å². The minimum atomic E-state index is -0.105. The van der Waals surface area contributed by atoms with Gasteiger partial charge in [0, 0.05) is 30.9 Å². The van der Waals surface area contributed by atoms with Gasteiger partial charge >= 0.3 is 0 Å². The monoisotopic (exact) mass is 247 g/mol. The highest BCUT2D eigenvalue weighted by atomic mass is 16.5. The third-order valence-electron chi connectivity index (χ3n) is 3.88. The lowest BCUT2D eigenvalue weighted by Gasteiger charge is -2.23. The molecule has 0 spiro atoms. The minimum absolute atomic E-state index is 0.105. The van der Waals surface area contributed by atoms with Crippen LogP contribution >= 0.6 is 0 Å². The molecule has 2 aliphatic rings. The molecular weight excluding hydrogens is 230 g/mol. The van der Waals surface area contributed by atoms with E-state index in [1.54, 1.807) is 25.4 Å². The van der Waals surface area contributed by atoms with Crippen molar-refractivity contribution in [1.82, 2.24) is 15.6 Å². The van der Waals surface area contributed by atoms with Crippen molar-refractivity contribution in [2.45, 2.75) is 24.9 Å². The quantitative estimate of drug-likeness (QED) is 0.819. The average Bonchev–Trinajstić information content (AvgIpc) is 3.01. The number of nitrogens with one attached hydrogen (secondary N) is 2. The number of hydrogen-bond acceptors (Lipinski definition) is 4. The summed E-state index contributed by atoms with van der Waals surface area (Å²) < 4.78 is 5.09. The number of pyridine rings is 1. The van der Waals surface area contributed by atoms with Crippen molar-refractivity contribution in [2.24, 2.45) is 5.92 Å². The Morgan fingerprint density at radius 3 is 3.11 bits per heavy atom. The number of carbonyl (C=O) groups excluding carboxylic acids is 1. The van der Waals surface area contributed by atoms with E-state index in [4.69, 9.17) is 4.74 Å². The van der Waals surface area contributed by atoms with Crippen molar-refractivity contribution in [3.05, 3.63) is 24.0 Å². The molecule has 1 saturated heterocycles. The van der Waals surface area contributed by atoms with Crippen molar-refractivity contribution in [3.8, 4) is 5.75 Å². The number of piperidine rings is 1. The summed E-state index contributed by atoms with van der Waals surface area (Å²) in [6, 6.07) is 4.27. The minimum Gasteiger partial charge on any atom is -0.497 e. The Kier molecular flexibility index (Phi) is 2.91. The number of rotatable bonds is 3. The van der Waals surface area contributed by atoms with Gasteiger partial charge in [0.15, 0.2) is 0 Å². The van der Waals surface area contributed by atoms with Crippen molar-refractivity contribution in [2.75, 3.05) is 13.7 Å². The van der Waals surface area contributed by atoms with Gasteiger partial charge in [-0.1, -0.05) is 0 Å². The van der Waals surface area contributed by atoms with Crippen molar-refractivity contribution in [1.29, 1.82) is 0 Å². The van der Waals surface area contributed by atoms with Gasteiger partial charge < -0.3 is 15.4 Å². The number of aromatic nitrogens is 1. The summed E-state index contributed by atoms with van der Waals surface area (Å²) >= 11 is 0. The first-order valence-electron chi connectivity index (χ1n) is 6.30. The number of ether oxygens (including phenoxy) is 1. The van der Waals surface area contributed by atoms with E-state index in [9.17, 15) is 4.79 Å². The molecule has 3 atom stereocenters. The maximum absolute atomic E-state index is 12.1. The molecule has 1 aliphatic carbocycles. The molecule has 5 heteroatoms. The van der Waals surface area contributed by atoms with Crippen LogP contribution in [0.5, 0.6) is 5.75 Å². The van der Waals surface area contributed by atoms with Gasteiger partial charge in [0.1, 0.15) is 11.4 Å². The Balaban J connectivity index is 1.67. The van der Waals surface area contributed by atoms with Gasteiger partial charge in [-0.15, -0.1) is 0 Å².